The number of carbonyl (C=O) groups is 1. The van der Waals surface area contributed by atoms with Crippen LogP contribution in [0.25, 0.3) is 10.4 Å². The lowest BCUT2D eigenvalue weighted by atomic mass is 10.1. The van der Waals surface area contributed by atoms with Crippen molar-refractivity contribution in [1.82, 2.24) is 5.32 Å². The SMILES string of the molecule is COc1c(C(=O)NCCCCN=[N+]=[N-])cccc1[N+](=O)[O-]. The maximum Gasteiger partial charge on any atom is 0.311 e. The zero-order valence-corrected chi connectivity index (χ0v) is 11.5. The number of hydrogen-bond acceptors (Lipinski definition) is 5. The standard InChI is InChI=1S/C12H15N5O4/c1-21-11-9(5-4-6-10(11)17(19)20)12(18)14-7-2-3-8-15-16-13/h4-6H,2-3,7-8H2,1H3,(H,14,18). The molecule has 1 rings (SSSR count). The van der Waals surface area contributed by atoms with Gasteiger partial charge in [0.25, 0.3) is 5.91 Å². The molecule has 0 radical (unpaired) electrons. The normalized spacial score (nSPS) is 9.57. The van der Waals surface area contributed by atoms with Gasteiger partial charge in [-0.1, -0.05) is 11.2 Å². The van der Waals surface area contributed by atoms with E-state index in [1.54, 1.807) is 0 Å². The van der Waals surface area contributed by atoms with E-state index in [1.807, 2.05) is 0 Å². The number of rotatable bonds is 8. The Bertz CT molecular complexity index is 569. The van der Waals surface area contributed by atoms with Crippen LogP contribution in [0.3, 0.4) is 0 Å². The van der Waals surface area contributed by atoms with Crippen LogP contribution in [0.2, 0.25) is 0 Å². The zero-order valence-electron chi connectivity index (χ0n) is 11.5. The molecule has 0 bridgehead atoms. The van der Waals surface area contributed by atoms with Crippen molar-refractivity contribution in [2.45, 2.75) is 12.8 Å². The summed E-state index contributed by atoms with van der Waals surface area (Å²) in [5.74, 6) is -0.506. The van der Waals surface area contributed by atoms with Crippen molar-refractivity contribution in [2.75, 3.05) is 20.2 Å². The van der Waals surface area contributed by atoms with Crippen LogP contribution in [0.1, 0.15) is 23.2 Å². The van der Waals surface area contributed by atoms with E-state index in [0.29, 0.717) is 25.9 Å². The van der Waals surface area contributed by atoms with Crippen molar-refractivity contribution in [3.8, 4) is 5.75 Å². The molecule has 0 aromatic heterocycles. The summed E-state index contributed by atoms with van der Waals surface area (Å²) in [5, 5.41) is 16.9. The van der Waals surface area contributed by atoms with Crippen LogP contribution in [0.5, 0.6) is 5.75 Å². The topological polar surface area (TPSA) is 130 Å². The van der Waals surface area contributed by atoms with Gasteiger partial charge in [-0.05, 0) is 24.4 Å². The predicted octanol–water partition coefficient (Wildman–Crippen LogP) is 2.42. The molecule has 0 aliphatic rings. The highest BCUT2D eigenvalue weighted by Crippen LogP contribution is 2.30. The van der Waals surface area contributed by atoms with Crippen LogP contribution in [-0.4, -0.2) is 31.0 Å². The number of methoxy groups -OCH3 is 1. The number of nitrogens with one attached hydrogen (secondary N) is 1. The second kappa shape index (κ2) is 8.39. The third-order valence-electron chi connectivity index (χ3n) is 2.67. The van der Waals surface area contributed by atoms with E-state index in [1.165, 1.54) is 25.3 Å². The number of unbranched alkanes of at least 4 members (excludes halogenated alkanes) is 1. The van der Waals surface area contributed by atoms with Crippen molar-refractivity contribution >= 4 is 11.6 Å². The van der Waals surface area contributed by atoms with Crippen LogP contribution in [-0.2, 0) is 0 Å². The van der Waals surface area contributed by atoms with Crippen LogP contribution < -0.4 is 10.1 Å². The van der Waals surface area contributed by atoms with E-state index < -0.39 is 10.8 Å². The van der Waals surface area contributed by atoms with Crippen molar-refractivity contribution in [1.29, 1.82) is 0 Å². The van der Waals surface area contributed by atoms with E-state index in [0.717, 1.165) is 0 Å². The zero-order chi connectivity index (χ0) is 15.7. The summed E-state index contributed by atoms with van der Waals surface area (Å²) in [6, 6.07) is 4.16. The summed E-state index contributed by atoms with van der Waals surface area (Å²) in [4.78, 5) is 24.9. The third-order valence-corrected chi connectivity index (χ3v) is 2.67. The highest BCUT2D eigenvalue weighted by atomic mass is 16.6. The molecule has 1 aromatic carbocycles. The van der Waals surface area contributed by atoms with Gasteiger partial charge >= 0.3 is 5.69 Å². The first kappa shape index (κ1) is 16.3. The van der Waals surface area contributed by atoms with E-state index in [2.05, 4.69) is 15.3 Å². The molecule has 9 nitrogen and oxygen atoms in total. The monoisotopic (exact) mass is 293 g/mol. The fourth-order valence-electron chi connectivity index (χ4n) is 1.71. The summed E-state index contributed by atoms with van der Waals surface area (Å²) in [5.41, 5.74) is 7.96. The maximum absolute atomic E-state index is 12.0. The first-order valence-electron chi connectivity index (χ1n) is 6.22. The number of ether oxygens (including phenoxy) is 1. The second-order valence-corrected chi connectivity index (χ2v) is 4.03. The molecule has 0 aliphatic carbocycles. The summed E-state index contributed by atoms with van der Waals surface area (Å²) in [6.07, 6.45) is 1.29. The number of nitrogens with zero attached hydrogens (tertiary/aromatic N) is 4. The molecule has 0 atom stereocenters. The molecule has 21 heavy (non-hydrogen) atoms. The van der Waals surface area contributed by atoms with E-state index in [4.69, 9.17) is 10.3 Å². The van der Waals surface area contributed by atoms with Crippen LogP contribution in [0.4, 0.5) is 5.69 Å². The number of hydrogen-bond donors (Lipinski definition) is 1. The minimum absolute atomic E-state index is 0.0610. The number of nitro groups is 1. The van der Waals surface area contributed by atoms with Crippen LogP contribution in [0, 0.1) is 10.1 Å². The largest absolute Gasteiger partial charge is 0.490 e. The Morgan fingerprint density at radius 3 is 2.90 bits per heavy atom. The van der Waals surface area contributed by atoms with Gasteiger partial charge in [-0.3, -0.25) is 14.9 Å². The summed E-state index contributed by atoms with van der Waals surface area (Å²) in [7, 11) is 1.28. The van der Waals surface area contributed by atoms with Gasteiger partial charge in [-0.25, -0.2) is 0 Å². The molecule has 0 saturated carbocycles. The third kappa shape index (κ3) is 4.66. The Labute approximate surface area is 120 Å². The average Bonchev–Trinajstić information content (AvgIpc) is 2.49. The Balaban J connectivity index is 2.67. The van der Waals surface area contributed by atoms with Crippen molar-refractivity contribution in [3.63, 3.8) is 0 Å². The molecule has 9 heteroatoms. The molecule has 0 saturated heterocycles. The van der Waals surface area contributed by atoms with Gasteiger partial charge in [0.2, 0.25) is 5.75 Å². The highest BCUT2D eigenvalue weighted by molar-refractivity contribution is 5.98. The minimum atomic E-state index is -0.602. The second-order valence-electron chi connectivity index (χ2n) is 4.03. The van der Waals surface area contributed by atoms with Crippen molar-refractivity contribution in [2.24, 2.45) is 5.11 Å². The molecular weight excluding hydrogens is 278 g/mol. The fraction of sp³-hybridized carbons (Fsp3) is 0.417. The van der Waals surface area contributed by atoms with Gasteiger partial charge in [-0.2, -0.15) is 0 Å². The van der Waals surface area contributed by atoms with Gasteiger partial charge in [0.05, 0.1) is 17.6 Å². The molecular formula is C12H15N5O4. The molecule has 0 aliphatic heterocycles. The lowest BCUT2D eigenvalue weighted by Gasteiger charge is -2.09. The average molecular weight is 293 g/mol. The van der Waals surface area contributed by atoms with Crippen LogP contribution >= 0.6 is 0 Å². The number of azide groups is 1. The van der Waals surface area contributed by atoms with E-state index >= 15 is 0 Å². The van der Waals surface area contributed by atoms with Gasteiger partial charge in [0.1, 0.15) is 0 Å². The molecule has 0 spiro atoms. The maximum atomic E-state index is 12.0. The molecule has 0 unspecified atom stereocenters. The Hall–Kier alpha value is -2.80. The molecule has 0 heterocycles. The molecule has 1 aromatic rings. The fourth-order valence-corrected chi connectivity index (χ4v) is 1.71. The number of benzene rings is 1. The van der Waals surface area contributed by atoms with Gasteiger partial charge in [0, 0.05) is 24.1 Å². The number of carbonyl (C=O) groups excluding carboxylic acids is 1. The lowest BCUT2D eigenvalue weighted by molar-refractivity contribution is -0.385. The van der Waals surface area contributed by atoms with E-state index in [-0.39, 0.29) is 17.0 Å². The van der Waals surface area contributed by atoms with Gasteiger partial charge < -0.3 is 10.1 Å². The molecule has 1 amide bonds. The Kier molecular flexibility index (Phi) is 6.49. The van der Waals surface area contributed by atoms with Crippen molar-refractivity contribution < 1.29 is 14.5 Å². The Morgan fingerprint density at radius 2 is 2.29 bits per heavy atom. The van der Waals surface area contributed by atoms with Crippen LogP contribution in [0.15, 0.2) is 23.3 Å². The first-order chi connectivity index (χ1) is 10.1. The smallest absolute Gasteiger partial charge is 0.311 e. The quantitative estimate of drug-likeness (QED) is 0.197. The predicted molar refractivity (Wildman–Crippen MR) is 75.2 cm³/mol. The number of nitro benzene ring substituents is 1. The molecule has 1 N–H and O–H groups in total. The van der Waals surface area contributed by atoms with E-state index in [9.17, 15) is 14.9 Å². The lowest BCUT2D eigenvalue weighted by Crippen LogP contribution is -2.25. The number of amides is 1. The summed E-state index contributed by atoms with van der Waals surface area (Å²) >= 11 is 0. The first-order valence-corrected chi connectivity index (χ1v) is 6.22. The van der Waals surface area contributed by atoms with Gasteiger partial charge in [0.15, 0.2) is 0 Å². The molecule has 0 fully saturated rings. The summed E-state index contributed by atoms with van der Waals surface area (Å²) < 4.78 is 4.96. The molecule has 112 valence electrons. The number of para-hydroxylation sites is 1. The van der Waals surface area contributed by atoms with Gasteiger partial charge in [-0.15, -0.1) is 0 Å². The van der Waals surface area contributed by atoms with Crippen molar-refractivity contribution in [3.05, 3.63) is 44.3 Å². The Morgan fingerprint density at radius 1 is 1.52 bits per heavy atom. The minimum Gasteiger partial charge on any atom is -0.490 e. The summed E-state index contributed by atoms with van der Waals surface area (Å²) in [6.45, 7) is 0.748. The highest BCUT2D eigenvalue weighted by Gasteiger charge is 2.22.